The van der Waals surface area contributed by atoms with E-state index in [9.17, 15) is 20.6 Å². The monoisotopic (exact) mass is 1160 g/mol. The van der Waals surface area contributed by atoms with E-state index in [1.165, 1.54) is 4.57 Å². The normalized spacial score (nSPS) is 16.3. The third-order valence-corrected chi connectivity index (χ3v) is 17.9. The Morgan fingerprint density at radius 3 is 1.18 bits per heavy atom. The van der Waals surface area contributed by atoms with Gasteiger partial charge in [-0.25, -0.2) is 0 Å². The lowest BCUT2D eigenvalue weighted by Gasteiger charge is -2.45. The summed E-state index contributed by atoms with van der Waals surface area (Å²) in [6, 6.07) is 38.5. The van der Waals surface area contributed by atoms with Crippen LogP contribution in [0.2, 0.25) is 0 Å². The molecule has 0 bridgehead atoms. The van der Waals surface area contributed by atoms with Gasteiger partial charge >= 0.3 is 0 Å². The first-order valence-electron chi connectivity index (χ1n) is 39.8. The molecule has 0 amide bonds. The van der Waals surface area contributed by atoms with Crippen LogP contribution in [0.1, 0.15) is 55.1 Å². The average Bonchev–Trinajstić information content (AvgIpc) is 0.980. The molecule has 13 aromatic carbocycles. The van der Waals surface area contributed by atoms with Gasteiger partial charge in [-0.1, -0.05) is 190 Å². The molecule has 0 saturated carbocycles. The van der Waals surface area contributed by atoms with Gasteiger partial charge in [0.15, 0.2) is 0 Å². The molecular formula is C82H57BN6. The molecule has 7 heteroatoms. The van der Waals surface area contributed by atoms with Gasteiger partial charge in [0.25, 0.3) is 6.71 Å². The number of hydrogen-bond donors (Lipinski definition) is 0. The van der Waals surface area contributed by atoms with Gasteiger partial charge in [-0.15, -0.1) is 0 Å². The van der Waals surface area contributed by atoms with E-state index in [0.717, 1.165) is 43.3 Å². The number of nitrogens with zero attached hydrogens (tertiary/aromatic N) is 6. The van der Waals surface area contributed by atoms with E-state index in [-0.39, 0.29) is 60.6 Å². The second kappa shape index (κ2) is 18.6. The van der Waals surface area contributed by atoms with Crippen molar-refractivity contribution in [3.8, 4) is 22.7 Å². The average molecular weight is 1160 g/mol. The van der Waals surface area contributed by atoms with Crippen LogP contribution < -0.4 is 26.2 Å². The zero-order chi connectivity index (χ0) is 77.1. The zero-order valence-electron chi connectivity index (χ0n) is 68.8. The summed E-state index contributed by atoms with van der Waals surface area (Å²) in [6.45, 7) is 4.66. The van der Waals surface area contributed by atoms with Crippen molar-refractivity contribution in [1.29, 1.82) is 0 Å². The molecule has 418 valence electrons. The van der Waals surface area contributed by atoms with Crippen molar-refractivity contribution in [3.63, 3.8) is 0 Å². The number of rotatable bonds is 6. The molecule has 2 aliphatic rings. The predicted octanol–water partition coefficient (Wildman–Crippen LogP) is 19.5. The second-order valence-electron chi connectivity index (χ2n) is 23.6. The predicted molar refractivity (Wildman–Crippen MR) is 377 cm³/mol. The Morgan fingerprint density at radius 2 is 0.697 bits per heavy atom. The maximum absolute atomic E-state index is 11.4. The maximum Gasteiger partial charge on any atom is 0.252 e. The Balaban J connectivity index is 1.05. The van der Waals surface area contributed by atoms with Crippen LogP contribution in [0.3, 0.4) is 0 Å². The van der Waals surface area contributed by atoms with E-state index < -0.39 is 156 Å². The summed E-state index contributed by atoms with van der Waals surface area (Å²) in [5.74, 6) is 0. The zero-order valence-corrected chi connectivity index (χ0v) is 47.8. The molecule has 89 heavy (non-hydrogen) atoms. The van der Waals surface area contributed by atoms with Crippen molar-refractivity contribution >= 4 is 144 Å². The van der Waals surface area contributed by atoms with E-state index in [2.05, 4.69) is 9.13 Å². The fourth-order valence-corrected chi connectivity index (χ4v) is 14.2. The molecular weight excluding hydrogens is 1080 g/mol. The van der Waals surface area contributed by atoms with Gasteiger partial charge in [-0.05, 0) is 149 Å². The lowest BCUT2D eigenvalue weighted by molar-refractivity contribution is 0.590. The van der Waals surface area contributed by atoms with Gasteiger partial charge in [0.2, 0.25) is 0 Å². The molecule has 6 heterocycles. The highest BCUT2D eigenvalue weighted by Crippen LogP contribution is 2.52. The Kier molecular flexibility index (Phi) is 7.02. The Morgan fingerprint density at radius 1 is 0.303 bits per heavy atom. The Bertz CT molecular complexity index is 6970. The maximum atomic E-state index is 11.4. The third-order valence-electron chi connectivity index (χ3n) is 17.9. The molecule has 2 aliphatic heterocycles. The fourth-order valence-electron chi connectivity index (χ4n) is 14.2. The summed E-state index contributed by atoms with van der Waals surface area (Å²) in [5.41, 5.74) is 4.69. The first kappa shape index (κ1) is 33.6. The molecule has 0 spiro atoms. The quantitative estimate of drug-likeness (QED) is 0.155. The molecule has 0 atom stereocenters. The topological polar surface area (TPSA) is 26.2 Å². The standard InChI is InChI=1S/C82H57BN6/c1-82(2,3)52-48-77-81-78(49-52)89(74-43-23-41-72-80(74)62-33-15-21-39-70(62)85(72)54-26-8-5-9-27-54)76-51-56(87-67-36-18-12-30-59(67)60-31-13-19-37-68(60)87)45-47-64(76)83(81)63-46-44-55(86-65-34-16-10-28-57(65)58-29-11-17-35-66(58)86)50-75(63)88(77)73-42-22-40-71-79(73)61-32-14-20-38-69(61)84(71)53-24-6-4-7-25-53/h4-51H,1-3H3/i10D,11D,12D,13D,16D,17D,18D,19D,28D,29D,30D,31D,34D,35D,36D,37D,44D,45D,46D,47D,50D. The van der Waals surface area contributed by atoms with Crippen molar-refractivity contribution in [1.82, 2.24) is 18.3 Å². The molecule has 0 fully saturated rings. The van der Waals surface area contributed by atoms with Gasteiger partial charge in [0.05, 0.1) is 84.3 Å². The van der Waals surface area contributed by atoms with E-state index in [4.69, 9.17) is 8.22 Å². The van der Waals surface area contributed by atoms with Crippen LogP contribution in [0, 0.1) is 0 Å². The van der Waals surface area contributed by atoms with E-state index >= 15 is 0 Å². The minimum Gasteiger partial charge on any atom is -0.311 e. The van der Waals surface area contributed by atoms with E-state index in [0.29, 0.717) is 50.1 Å². The van der Waals surface area contributed by atoms with Crippen molar-refractivity contribution in [2.45, 2.75) is 26.2 Å². The molecule has 0 saturated heterocycles. The first-order chi connectivity index (χ1) is 52.6. The number of para-hydroxylation sites is 8. The highest BCUT2D eigenvalue weighted by Gasteiger charge is 2.45. The summed E-state index contributed by atoms with van der Waals surface area (Å²) in [5, 5.41) is 1.73. The summed E-state index contributed by atoms with van der Waals surface area (Å²) in [7, 11) is 0. The minimum atomic E-state index is -1.46. The van der Waals surface area contributed by atoms with Crippen LogP contribution in [-0.2, 0) is 5.41 Å². The van der Waals surface area contributed by atoms with Gasteiger partial charge < -0.3 is 28.1 Å². The number of aromatic nitrogens is 4. The van der Waals surface area contributed by atoms with Crippen LogP contribution in [0.15, 0.2) is 291 Å². The first-order valence-corrected chi connectivity index (χ1v) is 29.3. The van der Waals surface area contributed by atoms with Crippen molar-refractivity contribution in [3.05, 3.63) is 296 Å². The summed E-state index contributed by atoms with van der Waals surface area (Å²) in [4.78, 5) is 3.85. The van der Waals surface area contributed by atoms with Gasteiger partial charge in [-0.2, -0.15) is 0 Å². The van der Waals surface area contributed by atoms with Crippen LogP contribution in [0.5, 0.6) is 0 Å². The molecule has 4 aromatic heterocycles. The highest BCUT2D eigenvalue weighted by atomic mass is 15.2. The smallest absolute Gasteiger partial charge is 0.252 e. The summed E-state index contributed by atoms with van der Waals surface area (Å²) >= 11 is 0. The lowest BCUT2D eigenvalue weighted by atomic mass is 9.33. The second-order valence-corrected chi connectivity index (χ2v) is 23.6. The number of fused-ring (bicyclic) bond motifs is 16. The Labute approximate surface area is 544 Å². The van der Waals surface area contributed by atoms with Gasteiger partial charge in [-0.3, -0.25) is 0 Å². The van der Waals surface area contributed by atoms with E-state index in [1.807, 2.05) is 188 Å². The fraction of sp³-hybridized carbons (Fsp3) is 0.0488. The van der Waals surface area contributed by atoms with Gasteiger partial charge in [0.1, 0.15) is 0 Å². The summed E-state index contributed by atoms with van der Waals surface area (Å²) < 4.78 is 211. The minimum absolute atomic E-state index is 0.0318. The van der Waals surface area contributed by atoms with Crippen LogP contribution in [0.25, 0.3) is 110 Å². The van der Waals surface area contributed by atoms with Crippen LogP contribution in [-0.4, -0.2) is 25.0 Å². The molecule has 19 rings (SSSR count). The molecule has 17 aromatic rings. The molecule has 0 radical (unpaired) electrons. The largest absolute Gasteiger partial charge is 0.311 e. The van der Waals surface area contributed by atoms with Gasteiger partial charge in [0, 0.05) is 88.6 Å². The molecule has 0 N–H and O–H groups in total. The van der Waals surface area contributed by atoms with Crippen LogP contribution >= 0.6 is 0 Å². The number of hydrogen-bond acceptors (Lipinski definition) is 2. The van der Waals surface area contributed by atoms with Crippen molar-refractivity contribution in [2.24, 2.45) is 0 Å². The highest BCUT2D eigenvalue weighted by molar-refractivity contribution is 7.00. The Hall–Kier alpha value is -11.3. The summed E-state index contributed by atoms with van der Waals surface area (Å²) in [6.07, 6.45) is 0. The number of benzene rings is 13. The molecule has 0 unspecified atom stereocenters. The van der Waals surface area contributed by atoms with E-state index in [1.54, 1.807) is 6.07 Å². The SMILES string of the molecule is [2H]c1c(-n2c3c([2H])c([2H])c([2H])c([2H])c3c3c([2H])c([2H])c([2H])c([2H])c32)cc2c(c1[2H])B1c3c(cc(C(C)(C)C)cc3N(c3cccc4c3c3ccccc3n4-c3ccccc3)c3c([2H])c(-n4c5c([2H])c([2H])c([2H])c([2H])c5c5c([2H])c([2H])c([2H])c([2H])c54)c([2H])c([2H])c31)N2c1cccc2c1c1ccccc1n2-c1ccccc1. The lowest BCUT2D eigenvalue weighted by Crippen LogP contribution is -2.61. The van der Waals surface area contributed by atoms with Crippen molar-refractivity contribution < 1.29 is 28.8 Å². The van der Waals surface area contributed by atoms with Crippen LogP contribution in [0.4, 0.5) is 34.1 Å². The number of anilines is 6. The third kappa shape index (κ3) is 7.04. The molecule has 0 aliphatic carbocycles. The molecule has 6 nitrogen and oxygen atoms in total. The van der Waals surface area contributed by atoms with Crippen molar-refractivity contribution in [2.75, 3.05) is 9.80 Å².